The predicted octanol–water partition coefficient (Wildman–Crippen LogP) is 7.27. The molecule has 0 radical (unpaired) electrons. The number of nitrogens with zero attached hydrogens (tertiary/aromatic N) is 4. The molecular weight excluding hydrogens is 606 g/mol. The lowest BCUT2D eigenvalue weighted by molar-refractivity contribution is -0.120. The Hall–Kier alpha value is -4.93. The fourth-order valence-electron chi connectivity index (χ4n) is 6.42. The lowest BCUT2D eigenvalue weighted by atomic mass is 10.00. The first-order valence-corrected chi connectivity index (χ1v) is 16.7. The van der Waals surface area contributed by atoms with Crippen LogP contribution in [0.2, 0.25) is 0 Å². The number of hydrogen-bond donors (Lipinski definition) is 3. The molecule has 11 heteroatoms. The van der Waals surface area contributed by atoms with Crippen LogP contribution in [0.15, 0.2) is 60.9 Å². The number of urea groups is 1. The predicted molar refractivity (Wildman–Crippen MR) is 186 cm³/mol. The fraction of sp³-hybridized carbons (Fsp3) is 0.432. The standard InChI is InChI=1S/C37H45N7O4/c1-36(2,3)42-34(46)43-19-7-9-29(43)32-39-22-28(40-32)24-13-11-23(12-14-24)25-15-16-27-26(21-25)17-18-38-31(27)41-33(45)30-10-8-20-44(30)35(47)48-37(4,5)6/h11-18,21-22,29-30H,7-10,19-20H2,1-6H3,(H,39,40)(H,42,46)(H,38,41,45). The summed E-state index contributed by atoms with van der Waals surface area (Å²) in [4.78, 5) is 54.9. The van der Waals surface area contributed by atoms with Crippen LogP contribution in [0.25, 0.3) is 33.2 Å². The number of ether oxygens (including phenoxy) is 1. The van der Waals surface area contributed by atoms with Crippen LogP contribution in [-0.4, -0.2) is 73.1 Å². The zero-order chi connectivity index (χ0) is 34.2. The Bertz CT molecular complexity index is 1820. The van der Waals surface area contributed by atoms with Crippen molar-refractivity contribution in [3.05, 3.63) is 66.7 Å². The van der Waals surface area contributed by atoms with E-state index in [1.54, 1.807) is 6.20 Å². The van der Waals surface area contributed by atoms with Crippen LogP contribution >= 0.6 is 0 Å². The molecule has 0 spiro atoms. The quantitative estimate of drug-likeness (QED) is 0.208. The summed E-state index contributed by atoms with van der Waals surface area (Å²) in [5.41, 5.74) is 3.04. The number of benzene rings is 2. The number of aromatic amines is 1. The van der Waals surface area contributed by atoms with Crippen LogP contribution in [0.1, 0.15) is 79.1 Å². The SMILES string of the molecule is CC(C)(C)NC(=O)N1CCCC1c1ncc(-c2ccc(-c3ccc4c(NC(=O)C5CCCN5C(=O)OC(C)(C)C)nccc4c3)cc2)[nH]1. The van der Waals surface area contributed by atoms with Gasteiger partial charge in [0.15, 0.2) is 0 Å². The Labute approximate surface area is 281 Å². The minimum absolute atomic E-state index is 0.0633. The second kappa shape index (κ2) is 12.9. The van der Waals surface area contributed by atoms with Crippen molar-refractivity contribution in [3.8, 4) is 22.4 Å². The van der Waals surface area contributed by atoms with Gasteiger partial charge in [0.25, 0.3) is 0 Å². The van der Waals surface area contributed by atoms with Gasteiger partial charge in [0.2, 0.25) is 5.91 Å². The smallest absolute Gasteiger partial charge is 0.410 e. The zero-order valence-electron chi connectivity index (χ0n) is 28.6. The Balaban J connectivity index is 1.15. The van der Waals surface area contributed by atoms with Crippen LogP contribution < -0.4 is 10.6 Å². The average molecular weight is 652 g/mol. The van der Waals surface area contributed by atoms with E-state index in [1.165, 1.54) is 4.90 Å². The van der Waals surface area contributed by atoms with Crippen LogP contribution in [0.3, 0.4) is 0 Å². The number of fused-ring (bicyclic) bond motifs is 1. The molecule has 48 heavy (non-hydrogen) atoms. The van der Waals surface area contributed by atoms with E-state index >= 15 is 0 Å². The molecule has 0 aliphatic carbocycles. The van der Waals surface area contributed by atoms with Crippen molar-refractivity contribution in [2.45, 2.75) is 90.4 Å². The number of rotatable bonds is 5. The number of carbonyl (C=O) groups excluding carboxylic acids is 3. The molecule has 2 aliphatic rings. The number of amides is 4. The summed E-state index contributed by atoms with van der Waals surface area (Å²) < 4.78 is 5.53. The van der Waals surface area contributed by atoms with Crippen molar-refractivity contribution < 1.29 is 19.1 Å². The van der Waals surface area contributed by atoms with Gasteiger partial charge in [0, 0.05) is 30.2 Å². The summed E-state index contributed by atoms with van der Waals surface area (Å²) in [7, 11) is 0. The Kier molecular flexibility index (Phi) is 8.89. The zero-order valence-corrected chi connectivity index (χ0v) is 28.6. The molecule has 2 aliphatic heterocycles. The molecule has 4 aromatic rings. The van der Waals surface area contributed by atoms with Crippen LogP contribution in [-0.2, 0) is 9.53 Å². The molecule has 0 bridgehead atoms. The van der Waals surface area contributed by atoms with E-state index in [2.05, 4.69) is 55.9 Å². The second-order valence-electron chi connectivity index (χ2n) is 14.7. The summed E-state index contributed by atoms with van der Waals surface area (Å²) in [6.45, 7) is 12.6. The third-order valence-corrected chi connectivity index (χ3v) is 8.63. The molecule has 252 valence electrons. The van der Waals surface area contributed by atoms with E-state index in [0.717, 1.165) is 58.2 Å². The highest BCUT2D eigenvalue weighted by atomic mass is 16.6. The van der Waals surface area contributed by atoms with Crippen LogP contribution in [0.4, 0.5) is 15.4 Å². The van der Waals surface area contributed by atoms with Gasteiger partial charge < -0.3 is 25.3 Å². The third kappa shape index (κ3) is 7.30. The molecule has 6 rings (SSSR count). The number of imidazole rings is 1. The maximum atomic E-state index is 13.3. The van der Waals surface area contributed by atoms with Gasteiger partial charge in [0.05, 0.1) is 17.9 Å². The summed E-state index contributed by atoms with van der Waals surface area (Å²) in [5.74, 6) is 0.989. The first kappa shape index (κ1) is 33.0. The Morgan fingerprint density at radius 2 is 1.54 bits per heavy atom. The van der Waals surface area contributed by atoms with Crippen molar-refractivity contribution in [2.75, 3.05) is 18.4 Å². The lowest BCUT2D eigenvalue weighted by Crippen LogP contribution is -2.48. The first-order chi connectivity index (χ1) is 22.8. The summed E-state index contributed by atoms with van der Waals surface area (Å²) in [6, 6.07) is 15.5. The largest absolute Gasteiger partial charge is 0.444 e. The fourth-order valence-corrected chi connectivity index (χ4v) is 6.42. The van der Waals surface area contributed by atoms with E-state index < -0.39 is 17.7 Å². The minimum atomic E-state index is -0.636. The number of aromatic nitrogens is 3. The van der Waals surface area contributed by atoms with E-state index in [9.17, 15) is 14.4 Å². The van der Waals surface area contributed by atoms with Gasteiger partial charge in [-0.2, -0.15) is 0 Å². The highest BCUT2D eigenvalue weighted by Gasteiger charge is 2.37. The summed E-state index contributed by atoms with van der Waals surface area (Å²) >= 11 is 0. The number of likely N-dealkylation sites (tertiary alicyclic amines) is 2. The number of hydrogen-bond acceptors (Lipinski definition) is 6. The number of carbonyl (C=O) groups is 3. The summed E-state index contributed by atoms with van der Waals surface area (Å²) in [5, 5.41) is 7.79. The number of H-pyrrole nitrogens is 1. The van der Waals surface area contributed by atoms with E-state index in [0.29, 0.717) is 25.3 Å². The first-order valence-electron chi connectivity index (χ1n) is 16.7. The van der Waals surface area contributed by atoms with E-state index in [-0.39, 0.29) is 23.5 Å². The number of pyridine rings is 1. The molecule has 2 aromatic heterocycles. The normalized spacial score (nSPS) is 18.3. The molecule has 2 unspecified atom stereocenters. The molecule has 11 nitrogen and oxygen atoms in total. The van der Waals surface area contributed by atoms with Gasteiger partial charge in [-0.15, -0.1) is 0 Å². The molecule has 2 atom stereocenters. The monoisotopic (exact) mass is 651 g/mol. The van der Waals surface area contributed by atoms with E-state index in [1.807, 2.05) is 70.8 Å². The minimum Gasteiger partial charge on any atom is -0.444 e. The summed E-state index contributed by atoms with van der Waals surface area (Å²) in [6.07, 6.45) is 6.16. The van der Waals surface area contributed by atoms with Crippen molar-refractivity contribution >= 4 is 34.6 Å². The van der Waals surface area contributed by atoms with Gasteiger partial charge >= 0.3 is 12.1 Å². The van der Waals surface area contributed by atoms with Gasteiger partial charge in [-0.3, -0.25) is 9.69 Å². The van der Waals surface area contributed by atoms with Gasteiger partial charge in [-0.25, -0.2) is 19.6 Å². The molecule has 2 saturated heterocycles. The topological polar surface area (TPSA) is 133 Å². The molecule has 2 fully saturated rings. The van der Waals surface area contributed by atoms with Crippen molar-refractivity contribution in [2.24, 2.45) is 0 Å². The van der Waals surface area contributed by atoms with Crippen molar-refractivity contribution in [3.63, 3.8) is 0 Å². The van der Waals surface area contributed by atoms with Gasteiger partial charge in [-0.1, -0.05) is 36.4 Å². The van der Waals surface area contributed by atoms with Crippen LogP contribution in [0, 0.1) is 0 Å². The Morgan fingerprint density at radius 1 is 0.854 bits per heavy atom. The molecule has 2 aromatic carbocycles. The van der Waals surface area contributed by atoms with Crippen molar-refractivity contribution in [1.82, 2.24) is 30.1 Å². The molecule has 3 N–H and O–H groups in total. The average Bonchev–Trinajstić information content (AvgIpc) is 3.80. The lowest BCUT2D eigenvalue weighted by Gasteiger charge is -2.28. The van der Waals surface area contributed by atoms with Gasteiger partial charge in [0.1, 0.15) is 23.3 Å². The maximum Gasteiger partial charge on any atom is 0.410 e. The second-order valence-corrected chi connectivity index (χ2v) is 14.7. The Morgan fingerprint density at radius 3 is 2.27 bits per heavy atom. The molecule has 4 heterocycles. The van der Waals surface area contributed by atoms with E-state index in [4.69, 9.17) is 4.74 Å². The third-order valence-electron chi connectivity index (χ3n) is 8.63. The highest BCUT2D eigenvalue weighted by Crippen LogP contribution is 2.33. The number of anilines is 1. The van der Waals surface area contributed by atoms with Crippen molar-refractivity contribution in [1.29, 1.82) is 0 Å². The van der Waals surface area contributed by atoms with Crippen LogP contribution in [0.5, 0.6) is 0 Å². The highest BCUT2D eigenvalue weighted by molar-refractivity contribution is 6.04. The van der Waals surface area contributed by atoms with Gasteiger partial charge in [-0.05, 0) is 101 Å². The molecule has 4 amide bonds. The maximum absolute atomic E-state index is 13.3. The molecular formula is C37H45N7O4. The number of nitrogens with one attached hydrogen (secondary N) is 3. The molecule has 0 saturated carbocycles.